The van der Waals surface area contributed by atoms with E-state index in [0.717, 1.165) is 0 Å². The summed E-state index contributed by atoms with van der Waals surface area (Å²) in [6, 6.07) is 2.28. The van der Waals surface area contributed by atoms with E-state index in [-0.39, 0.29) is 16.5 Å². The SMILES string of the molecule is C[C@@]12CCC(=O)N1[C@@H](C(=O)OCC(=O)NNC(=O)c1ccco1)CS2. The van der Waals surface area contributed by atoms with Crippen molar-refractivity contribution in [2.24, 2.45) is 0 Å². The normalized spacial score (nSPS) is 24.8. The van der Waals surface area contributed by atoms with Crippen molar-refractivity contribution < 1.29 is 28.3 Å². The molecule has 0 aromatic carbocycles. The molecule has 0 spiro atoms. The Kier molecular flexibility index (Phi) is 4.71. The highest BCUT2D eigenvalue weighted by molar-refractivity contribution is 8.01. The lowest BCUT2D eigenvalue weighted by Gasteiger charge is -2.29. The second-order valence-corrected chi connectivity index (χ2v) is 7.35. The first-order chi connectivity index (χ1) is 11.9. The predicted molar refractivity (Wildman–Crippen MR) is 86.0 cm³/mol. The van der Waals surface area contributed by atoms with Crippen molar-refractivity contribution in [1.82, 2.24) is 15.8 Å². The summed E-state index contributed by atoms with van der Waals surface area (Å²) in [6.07, 6.45) is 2.43. The van der Waals surface area contributed by atoms with Crippen molar-refractivity contribution in [3.8, 4) is 0 Å². The number of esters is 1. The van der Waals surface area contributed by atoms with Gasteiger partial charge in [-0.3, -0.25) is 25.2 Å². The monoisotopic (exact) mass is 367 g/mol. The van der Waals surface area contributed by atoms with Gasteiger partial charge in [0.15, 0.2) is 12.4 Å². The van der Waals surface area contributed by atoms with E-state index in [1.165, 1.54) is 30.2 Å². The fourth-order valence-corrected chi connectivity index (χ4v) is 4.28. The molecule has 0 unspecified atom stereocenters. The zero-order valence-corrected chi connectivity index (χ0v) is 14.3. The second kappa shape index (κ2) is 6.79. The summed E-state index contributed by atoms with van der Waals surface area (Å²) in [4.78, 5) is 48.6. The first-order valence-electron chi connectivity index (χ1n) is 7.66. The molecule has 2 saturated heterocycles. The molecule has 25 heavy (non-hydrogen) atoms. The van der Waals surface area contributed by atoms with E-state index < -0.39 is 30.4 Å². The fourth-order valence-electron chi connectivity index (χ4n) is 2.86. The van der Waals surface area contributed by atoms with Crippen LogP contribution in [0.5, 0.6) is 0 Å². The van der Waals surface area contributed by atoms with Crippen LogP contribution in [0.25, 0.3) is 0 Å². The number of hydrogen-bond donors (Lipinski definition) is 2. The summed E-state index contributed by atoms with van der Waals surface area (Å²) in [5.41, 5.74) is 4.25. The summed E-state index contributed by atoms with van der Waals surface area (Å²) in [5.74, 6) is -1.56. The molecule has 0 bridgehead atoms. The maximum Gasteiger partial charge on any atom is 0.330 e. The third kappa shape index (κ3) is 3.48. The van der Waals surface area contributed by atoms with Crippen LogP contribution in [0.1, 0.15) is 30.3 Å². The lowest BCUT2D eigenvalue weighted by Crippen LogP contribution is -2.48. The Balaban J connectivity index is 1.45. The zero-order valence-electron chi connectivity index (χ0n) is 13.4. The molecule has 2 aliphatic rings. The van der Waals surface area contributed by atoms with Gasteiger partial charge in [0, 0.05) is 12.2 Å². The van der Waals surface area contributed by atoms with Gasteiger partial charge in [0.2, 0.25) is 5.91 Å². The lowest BCUT2D eigenvalue weighted by molar-refractivity contribution is -0.156. The van der Waals surface area contributed by atoms with Crippen molar-refractivity contribution in [3.05, 3.63) is 24.2 Å². The van der Waals surface area contributed by atoms with Crippen LogP contribution in [0.2, 0.25) is 0 Å². The highest BCUT2D eigenvalue weighted by Gasteiger charge is 2.53. The molecular weight excluding hydrogens is 350 g/mol. The Morgan fingerprint density at radius 2 is 2.24 bits per heavy atom. The van der Waals surface area contributed by atoms with Gasteiger partial charge in [0.05, 0.1) is 11.1 Å². The number of ether oxygens (including phenoxy) is 1. The molecule has 134 valence electrons. The van der Waals surface area contributed by atoms with Crippen molar-refractivity contribution in [2.45, 2.75) is 30.7 Å². The summed E-state index contributed by atoms with van der Waals surface area (Å²) in [7, 11) is 0. The van der Waals surface area contributed by atoms with Crippen LogP contribution >= 0.6 is 11.8 Å². The van der Waals surface area contributed by atoms with E-state index in [0.29, 0.717) is 18.6 Å². The molecule has 2 N–H and O–H groups in total. The van der Waals surface area contributed by atoms with Crippen LogP contribution in [0, 0.1) is 0 Å². The number of carbonyl (C=O) groups is 4. The minimum Gasteiger partial charge on any atom is -0.459 e. The Morgan fingerprint density at radius 1 is 1.44 bits per heavy atom. The van der Waals surface area contributed by atoms with Crippen LogP contribution in [0.15, 0.2) is 22.8 Å². The van der Waals surface area contributed by atoms with Gasteiger partial charge in [-0.05, 0) is 25.5 Å². The lowest BCUT2D eigenvalue weighted by atomic mass is 10.2. The van der Waals surface area contributed by atoms with Gasteiger partial charge in [-0.1, -0.05) is 0 Å². The van der Waals surface area contributed by atoms with Gasteiger partial charge in [-0.2, -0.15) is 0 Å². The van der Waals surface area contributed by atoms with Crippen LogP contribution in [-0.4, -0.2) is 51.9 Å². The Morgan fingerprint density at radius 3 is 2.96 bits per heavy atom. The maximum atomic E-state index is 12.2. The quantitative estimate of drug-likeness (QED) is 0.570. The molecule has 2 atom stereocenters. The summed E-state index contributed by atoms with van der Waals surface area (Å²) in [6.45, 7) is 1.36. The zero-order chi connectivity index (χ0) is 18.0. The van der Waals surface area contributed by atoms with Gasteiger partial charge >= 0.3 is 11.9 Å². The van der Waals surface area contributed by atoms with E-state index in [2.05, 4.69) is 10.9 Å². The van der Waals surface area contributed by atoms with Gasteiger partial charge in [0.1, 0.15) is 6.04 Å². The summed E-state index contributed by atoms with van der Waals surface area (Å²) >= 11 is 1.54. The van der Waals surface area contributed by atoms with E-state index >= 15 is 0 Å². The summed E-state index contributed by atoms with van der Waals surface area (Å²) in [5, 5.41) is 0. The average Bonchev–Trinajstić information content (AvgIpc) is 3.29. The molecule has 10 heteroatoms. The van der Waals surface area contributed by atoms with Gasteiger partial charge in [0.25, 0.3) is 5.91 Å². The standard InChI is InChI=1S/C15H17N3O6S/c1-15-5-4-12(20)18(15)9(8-25-15)14(22)24-7-11(19)16-17-13(21)10-3-2-6-23-10/h2-3,6,9H,4-5,7-8H2,1H3,(H,16,19)(H,17,21)/t9-,15-/m1/s1. The molecule has 2 fully saturated rings. The van der Waals surface area contributed by atoms with E-state index in [9.17, 15) is 19.2 Å². The van der Waals surface area contributed by atoms with Crippen LogP contribution in [-0.2, 0) is 19.1 Å². The Labute approximate surface area is 147 Å². The van der Waals surface area contributed by atoms with E-state index in [1.54, 1.807) is 4.90 Å². The molecule has 3 rings (SSSR count). The largest absolute Gasteiger partial charge is 0.459 e. The number of rotatable bonds is 4. The van der Waals surface area contributed by atoms with Crippen molar-refractivity contribution in [3.63, 3.8) is 0 Å². The second-order valence-electron chi connectivity index (χ2n) is 5.85. The van der Waals surface area contributed by atoms with Crippen molar-refractivity contribution in [1.29, 1.82) is 0 Å². The number of carbonyl (C=O) groups excluding carboxylic acids is 4. The first-order valence-corrected chi connectivity index (χ1v) is 8.65. The van der Waals surface area contributed by atoms with Gasteiger partial charge in [-0.15, -0.1) is 11.8 Å². The fraction of sp³-hybridized carbons (Fsp3) is 0.467. The number of furan rings is 1. The third-order valence-electron chi connectivity index (χ3n) is 4.12. The average molecular weight is 367 g/mol. The molecule has 1 aromatic rings. The number of amides is 3. The van der Waals surface area contributed by atoms with Crippen molar-refractivity contribution in [2.75, 3.05) is 12.4 Å². The molecule has 2 aliphatic heterocycles. The number of thioether (sulfide) groups is 1. The molecular formula is C15H17N3O6S. The van der Waals surface area contributed by atoms with Crippen LogP contribution in [0.3, 0.4) is 0 Å². The number of fused-ring (bicyclic) bond motifs is 1. The molecule has 0 aliphatic carbocycles. The minimum absolute atomic E-state index is 0.0344. The molecule has 3 heterocycles. The number of nitrogens with one attached hydrogen (secondary N) is 2. The first kappa shape index (κ1) is 17.3. The predicted octanol–water partition coefficient (Wildman–Crippen LogP) is 0.0378. The summed E-state index contributed by atoms with van der Waals surface area (Å²) < 4.78 is 9.84. The van der Waals surface area contributed by atoms with E-state index in [4.69, 9.17) is 9.15 Å². The molecule has 1 aromatic heterocycles. The number of hydrogen-bond acceptors (Lipinski definition) is 7. The smallest absolute Gasteiger partial charge is 0.330 e. The highest BCUT2D eigenvalue weighted by Crippen LogP contribution is 2.47. The molecule has 3 amide bonds. The van der Waals surface area contributed by atoms with Crippen LogP contribution in [0.4, 0.5) is 0 Å². The number of hydrazine groups is 1. The molecule has 0 radical (unpaired) electrons. The van der Waals surface area contributed by atoms with Gasteiger partial charge < -0.3 is 14.1 Å². The molecule has 0 saturated carbocycles. The van der Waals surface area contributed by atoms with Gasteiger partial charge in [-0.25, -0.2) is 4.79 Å². The number of nitrogens with zero attached hydrogens (tertiary/aromatic N) is 1. The Bertz CT molecular complexity index is 706. The van der Waals surface area contributed by atoms with Crippen LogP contribution < -0.4 is 10.9 Å². The van der Waals surface area contributed by atoms with Crippen molar-refractivity contribution >= 4 is 35.5 Å². The highest BCUT2D eigenvalue weighted by atomic mass is 32.2. The maximum absolute atomic E-state index is 12.2. The minimum atomic E-state index is -0.700. The molecule has 9 nitrogen and oxygen atoms in total. The topological polar surface area (TPSA) is 118 Å². The van der Waals surface area contributed by atoms with E-state index in [1.807, 2.05) is 6.92 Å². The Hall–Kier alpha value is -2.49. The third-order valence-corrected chi connectivity index (χ3v) is 5.63.